The first kappa shape index (κ1) is 17.1. The summed E-state index contributed by atoms with van der Waals surface area (Å²) in [6.07, 6.45) is 3.46. The molecule has 1 nitrogen and oxygen atoms in total. The second-order valence-corrected chi connectivity index (χ2v) is 7.80. The molecule has 0 fully saturated rings. The number of hydrogen-bond donors (Lipinski definition) is 0. The van der Waals surface area contributed by atoms with Crippen LogP contribution in [0.3, 0.4) is 0 Å². The zero-order valence-corrected chi connectivity index (χ0v) is 14.5. The Morgan fingerprint density at radius 1 is 1.05 bits per heavy atom. The van der Waals surface area contributed by atoms with Gasteiger partial charge >= 0.3 is 0 Å². The van der Waals surface area contributed by atoms with E-state index in [1.807, 2.05) is 0 Å². The summed E-state index contributed by atoms with van der Waals surface area (Å²) in [4.78, 5) is 0. The molecule has 0 amide bonds. The number of aryl methyl sites for hydroxylation is 1. The maximum Gasteiger partial charge on any atom is 0.122 e. The Bertz CT molecular complexity index is 424. The Balaban J connectivity index is 2.93. The zero-order valence-electron chi connectivity index (χ0n) is 14.5. The van der Waals surface area contributed by atoms with Crippen LogP contribution in [0.25, 0.3) is 0 Å². The van der Waals surface area contributed by atoms with Gasteiger partial charge in [-0.05, 0) is 47.8 Å². The van der Waals surface area contributed by atoms with Gasteiger partial charge in [-0.25, -0.2) is 0 Å². The van der Waals surface area contributed by atoms with Gasteiger partial charge in [0.1, 0.15) is 5.75 Å². The molecule has 0 unspecified atom stereocenters. The molecular weight excluding hydrogens is 244 g/mol. The van der Waals surface area contributed by atoms with E-state index in [4.69, 9.17) is 4.74 Å². The minimum atomic E-state index is 0.175. The summed E-state index contributed by atoms with van der Waals surface area (Å²) in [6, 6.07) is 6.70. The van der Waals surface area contributed by atoms with Gasteiger partial charge in [-0.1, -0.05) is 60.1 Å². The van der Waals surface area contributed by atoms with Gasteiger partial charge in [-0.3, -0.25) is 0 Å². The van der Waals surface area contributed by atoms with E-state index >= 15 is 0 Å². The monoisotopic (exact) mass is 276 g/mol. The van der Waals surface area contributed by atoms with Crippen LogP contribution in [0.1, 0.15) is 71.9 Å². The van der Waals surface area contributed by atoms with E-state index in [1.165, 1.54) is 17.5 Å². The Hall–Kier alpha value is -0.980. The first-order valence-electron chi connectivity index (χ1n) is 7.90. The number of unbranched alkanes of at least 4 members (excludes halogenated alkanes) is 1. The summed E-state index contributed by atoms with van der Waals surface area (Å²) >= 11 is 0. The Labute approximate surface area is 125 Å². The summed E-state index contributed by atoms with van der Waals surface area (Å²) < 4.78 is 5.94. The van der Waals surface area contributed by atoms with E-state index in [9.17, 15) is 0 Å². The maximum atomic E-state index is 5.94. The number of ether oxygens (including phenoxy) is 1. The predicted octanol–water partition coefficient (Wildman–Crippen LogP) is 5.89. The highest BCUT2D eigenvalue weighted by molar-refractivity contribution is 5.39. The first-order valence-corrected chi connectivity index (χ1v) is 7.90. The van der Waals surface area contributed by atoms with Gasteiger partial charge in [-0.15, -0.1) is 0 Å². The molecule has 1 aromatic rings. The normalized spacial score (nSPS) is 12.6. The van der Waals surface area contributed by atoms with E-state index in [1.54, 1.807) is 0 Å². The molecule has 0 aliphatic rings. The van der Waals surface area contributed by atoms with Crippen molar-refractivity contribution in [2.75, 3.05) is 6.61 Å². The van der Waals surface area contributed by atoms with Crippen LogP contribution in [0.5, 0.6) is 5.75 Å². The predicted molar refractivity (Wildman–Crippen MR) is 88.7 cm³/mol. The van der Waals surface area contributed by atoms with Gasteiger partial charge in [0, 0.05) is 0 Å². The van der Waals surface area contributed by atoms with E-state index in [0.29, 0.717) is 5.41 Å². The molecule has 0 atom stereocenters. The Morgan fingerprint density at radius 3 is 2.25 bits per heavy atom. The summed E-state index contributed by atoms with van der Waals surface area (Å²) in [5.41, 5.74) is 3.12. The summed E-state index contributed by atoms with van der Waals surface area (Å²) in [5, 5.41) is 0. The van der Waals surface area contributed by atoms with Crippen LogP contribution in [-0.4, -0.2) is 6.61 Å². The first-order chi connectivity index (χ1) is 9.15. The molecule has 0 aliphatic carbocycles. The van der Waals surface area contributed by atoms with Gasteiger partial charge in [0.15, 0.2) is 0 Å². The minimum Gasteiger partial charge on any atom is -0.493 e. The molecule has 0 saturated carbocycles. The number of hydrogen-bond acceptors (Lipinski definition) is 1. The molecule has 0 N–H and O–H groups in total. The molecule has 0 aliphatic heterocycles. The van der Waals surface area contributed by atoms with Crippen molar-refractivity contribution in [3.8, 4) is 5.75 Å². The smallest absolute Gasteiger partial charge is 0.122 e. The lowest BCUT2D eigenvalue weighted by molar-refractivity contribution is 0.280. The topological polar surface area (TPSA) is 9.23 Å². The summed E-state index contributed by atoms with van der Waals surface area (Å²) in [6.45, 7) is 16.7. The standard InChI is InChI=1S/C19H32O/c1-8-9-12-20-17-13-16(11-10-15(17)2)19(6,7)14-18(3,4)5/h10-11,13H,8-9,12,14H2,1-7H3. The van der Waals surface area contributed by atoms with Crippen LogP contribution in [-0.2, 0) is 5.41 Å². The van der Waals surface area contributed by atoms with E-state index in [2.05, 4.69) is 66.7 Å². The van der Waals surface area contributed by atoms with Crippen LogP contribution in [0.2, 0.25) is 0 Å². The molecule has 0 bridgehead atoms. The molecule has 0 heterocycles. The highest BCUT2D eigenvalue weighted by atomic mass is 16.5. The van der Waals surface area contributed by atoms with Gasteiger partial charge < -0.3 is 4.74 Å². The molecule has 114 valence electrons. The lowest BCUT2D eigenvalue weighted by Crippen LogP contribution is -2.24. The third-order valence-corrected chi connectivity index (χ3v) is 3.70. The number of benzene rings is 1. The fraction of sp³-hybridized carbons (Fsp3) is 0.684. The quantitative estimate of drug-likeness (QED) is 0.589. The third-order valence-electron chi connectivity index (χ3n) is 3.70. The van der Waals surface area contributed by atoms with Crippen molar-refractivity contribution in [2.24, 2.45) is 5.41 Å². The summed E-state index contributed by atoms with van der Waals surface area (Å²) in [7, 11) is 0. The SMILES string of the molecule is CCCCOc1cc(C(C)(C)CC(C)(C)C)ccc1C. The summed E-state index contributed by atoms with van der Waals surface area (Å²) in [5.74, 6) is 1.05. The lowest BCUT2D eigenvalue weighted by Gasteiger charge is -2.33. The largest absolute Gasteiger partial charge is 0.493 e. The molecule has 1 rings (SSSR count). The van der Waals surface area contributed by atoms with E-state index in [0.717, 1.165) is 25.2 Å². The van der Waals surface area contributed by atoms with Crippen LogP contribution in [0.15, 0.2) is 18.2 Å². The highest BCUT2D eigenvalue weighted by Crippen LogP contribution is 2.37. The molecule has 1 heteroatoms. The lowest BCUT2D eigenvalue weighted by atomic mass is 9.72. The zero-order chi connectivity index (χ0) is 15.4. The van der Waals surface area contributed by atoms with Crippen molar-refractivity contribution in [3.05, 3.63) is 29.3 Å². The van der Waals surface area contributed by atoms with Gasteiger partial charge in [0.05, 0.1) is 6.61 Å². The van der Waals surface area contributed by atoms with Crippen LogP contribution < -0.4 is 4.74 Å². The van der Waals surface area contributed by atoms with Crippen LogP contribution in [0.4, 0.5) is 0 Å². The molecule has 0 spiro atoms. The molecule has 1 aromatic carbocycles. The van der Waals surface area contributed by atoms with Gasteiger partial charge in [0.2, 0.25) is 0 Å². The molecular formula is C19H32O. The van der Waals surface area contributed by atoms with Crippen LogP contribution >= 0.6 is 0 Å². The van der Waals surface area contributed by atoms with Crippen molar-refractivity contribution >= 4 is 0 Å². The van der Waals surface area contributed by atoms with Crippen molar-refractivity contribution in [1.82, 2.24) is 0 Å². The van der Waals surface area contributed by atoms with E-state index in [-0.39, 0.29) is 5.41 Å². The third kappa shape index (κ3) is 5.19. The Kier molecular flexibility index (Phi) is 5.68. The second kappa shape index (κ2) is 6.65. The maximum absolute atomic E-state index is 5.94. The molecule has 0 aromatic heterocycles. The average Bonchev–Trinajstić information content (AvgIpc) is 2.28. The van der Waals surface area contributed by atoms with Crippen LogP contribution in [0, 0.1) is 12.3 Å². The average molecular weight is 276 g/mol. The minimum absolute atomic E-state index is 0.175. The van der Waals surface area contributed by atoms with Gasteiger partial charge in [0.25, 0.3) is 0 Å². The molecule has 0 radical (unpaired) electrons. The second-order valence-electron chi connectivity index (χ2n) is 7.80. The van der Waals surface area contributed by atoms with Crippen molar-refractivity contribution < 1.29 is 4.74 Å². The Morgan fingerprint density at radius 2 is 1.70 bits per heavy atom. The van der Waals surface area contributed by atoms with Crippen molar-refractivity contribution in [1.29, 1.82) is 0 Å². The fourth-order valence-corrected chi connectivity index (χ4v) is 2.93. The van der Waals surface area contributed by atoms with Crippen molar-refractivity contribution in [2.45, 2.75) is 73.1 Å². The molecule has 0 saturated heterocycles. The van der Waals surface area contributed by atoms with Crippen molar-refractivity contribution in [3.63, 3.8) is 0 Å². The molecule has 20 heavy (non-hydrogen) atoms. The van der Waals surface area contributed by atoms with E-state index < -0.39 is 0 Å². The van der Waals surface area contributed by atoms with Gasteiger partial charge in [-0.2, -0.15) is 0 Å². The highest BCUT2D eigenvalue weighted by Gasteiger charge is 2.27. The number of rotatable bonds is 6. The fourth-order valence-electron chi connectivity index (χ4n) is 2.93.